The fourth-order valence-corrected chi connectivity index (χ4v) is 6.64. The van der Waals surface area contributed by atoms with Crippen LogP contribution in [0.3, 0.4) is 0 Å². The Kier molecular flexibility index (Phi) is 10.2. The molecule has 10 nitrogen and oxygen atoms in total. The van der Waals surface area contributed by atoms with E-state index in [-0.39, 0.29) is 34.8 Å². The second-order valence-electron chi connectivity index (χ2n) is 10.2. The zero-order chi connectivity index (χ0) is 30.3. The standard InChI is InChI=1S/C30H33ClN4O6S/c1-2-28(30(37)32-24-9-6-7-10-24)33(20-22-15-17-23(31)18-16-22)29(36)21-34(25-11-8-12-26(19-25)35(38)39)42(40,41)27-13-4-3-5-14-27/h3-5,8,11-19,24,28H,2,6-7,9-10,20-21H2,1H3,(H,32,37). The van der Waals surface area contributed by atoms with Crippen LogP contribution < -0.4 is 9.62 Å². The SMILES string of the molecule is CCC(C(=O)NC1CCCC1)N(Cc1ccc(Cl)cc1)C(=O)CN(c1cccc([N+](=O)[O-])c1)S(=O)(=O)c1ccccc1. The summed E-state index contributed by atoms with van der Waals surface area (Å²) in [5.74, 6) is -0.941. The number of anilines is 1. The molecule has 1 fully saturated rings. The molecule has 3 aromatic rings. The van der Waals surface area contributed by atoms with Crippen molar-refractivity contribution in [3.8, 4) is 0 Å². The van der Waals surface area contributed by atoms with Gasteiger partial charge in [-0.1, -0.05) is 67.8 Å². The van der Waals surface area contributed by atoms with Gasteiger partial charge in [0.2, 0.25) is 11.8 Å². The molecule has 1 unspecified atom stereocenters. The van der Waals surface area contributed by atoms with E-state index in [0.717, 1.165) is 36.1 Å². The summed E-state index contributed by atoms with van der Waals surface area (Å²) in [5, 5.41) is 15.1. The van der Waals surface area contributed by atoms with Crippen LogP contribution in [0.4, 0.5) is 11.4 Å². The molecule has 2 amide bonds. The van der Waals surface area contributed by atoms with E-state index in [1.54, 1.807) is 49.4 Å². The summed E-state index contributed by atoms with van der Waals surface area (Å²) in [7, 11) is -4.33. The Bertz CT molecular complexity index is 1510. The number of carbonyl (C=O) groups is 2. The van der Waals surface area contributed by atoms with Gasteiger partial charge in [0.25, 0.3) is 15.7 Å². The minimum absolute atomic E-state index is 0.0267. The summed E-state index contributed by atoms with van der Waals surface area (Å²) in [6.45, 7) is 1.14. The van der Waals surface area contributed by atoms with Crippen LogP contribution in [0.1, 0.15) is 44.6 Å². The van der Waals surface area contributed by atoms with Crippen LogP contribution in [-0.2, 0) is 26.2 Å². The van der Waals surface area contributed by atoms with Crippen molar-refractivity contribution in [1.29, 1.82) is 0 Å². The zero-order valence-corrected chi connectivity index (χ0v) is 24.8. The topological polar surface area (TPSA) is 130 Å². The van der Waals surface area contributed by atoms with Gasteiger partial charge in [0.15, 0.2) is 0 Å². The molecule has 4 rings (SSSR count). The minimum atomic E-state index is -4.33. The van der Waals surface area contributed by atoms with Gasteiger partial charge >= 0.3 is 0 Å². The molecule has 1 N–H and O–H groups in total. The largest absolute Gasteiger partial charge is 0.352 e. The second-order valence-corrected chi connectivity index (χ2v) is 12.5. The highest BCUT2D eigenvalue weighted by Gasteiger charge is 2.35. The van der Waals surface area contributed by atoms with E-state index in [4.69, 9.17) is 11.6 Å². The predicted molar refractivity (Wildman–Crippen MR) is 161 cm³/mol. The van der Waals surface area contributed by atoms with Crippen LogP contribution in [-0.4, -0.2) is 48.7 Å². The molecule has 0 aromatic heterocycles. The Balaban J connectivity index is 1.73. The number of nitrogens with zero attached hydrogens (tertiary/aromatic N) is 3. The number of nitro benzene ring substituents is 1. The highest BCUT2D eigenvalue weighted by molar-refractivity contribution is 7.92. The van der Waals surface area contributed by atoms with Crippen LogP contribution in [0.5, 0.6) is 0 Å². The van der Waals surface area contributed by atoms with Gasteiger partial charge in [-0.05, 0) is 55.2 Å². The molecule has 0 aliphatic heterocycles. The fourth-order valence-electron chi connectivity index (χ4n) is 5.08. The number of hydrogen-bond donors (Lipinski definition) is 1. The van der Waals surface area contributed by atoms with Crippen LogP contribution in [0.2, 0.25) is 5.02 Å². The van der Waals surface area contributed by atoms with E-state index < -0.39 is 33.4 Å². The maximum atomic E-state index is 14.1. The van der Waals surface area contributed by atoms with Gasteiger partial charge in [-0.3, -0.25) is 24.0 Å². The highest BCUT2D eigenvalue weighted by Crippen LogP contribution is 2.28. The van der Waals surface area contributed by atoms with Gasteiger partial charge < -0.3 is 10.2 Å². The number of nitrogens with one attached hydrogen (secondary N) is 1. The molecule has 3 aromatic carbocycles. The average molecular weight is 613 g/mol. The maximum absolute atomic E-state index is 14.1. The van der Waals surface area contributed by atoms with Gasteiger partial charge in [0.05, 0.1) is 15.5 Å². The first-order valence-electron chi connectivity index (χ1n) is 13.8. The van der Waals surface area contributed by atoms with Crippen molar-refractivity contribution < 1.29 is 22.9 Å². The summed E-state index contributed by atoms with van der Waals surface area (Å²) < 4.78 is 28.6. The van der Waals surface area contributed by atoms with Gasteiger partial charge in [-0.25, -0.2) is 8.42 Å². The predicted octanol–water partition coefficient (Wildman–Crippen LogP) is 5.31. The van der Waals surface area contributed by atoms with E-state index >= 15 is 0 Å². The maximum Gasteiger partial charge on any atom is 0.271 e. The molecule has 1 aliphatic carbocycles. The smallest absolute Gasteiger partial charge is 0.271 e. The molecular formula is C30H33ClN4O6S. The first kappa shape index (κ1) is 31.0. The van der Waals surface area contributed by atoms with E-state index in [1.165, 1.54) is 35.2 Å². The summed E-state index contributed by atoms with van der Waals surface area (Å²) >= 11 is 6.06. The lowest BCUT2D eigenvalue weighted by Crippen LogP contribution is -2.53. The van der Waals surface area contributed by atoms with Crippen molar-refractivity contribution >= 4 is 44.8 Å². The lowest BCUT2D eigenvalue weighted by Gasteiger charge is -2.33. The number of non-ortho nitro benzene ring substituents is 1. The molecule has 1 saturated carbocycles. The van der Waals surface area contributed by atoms with Crippen molar-refractivity contribution in [2.75, 3.05) is 10.8 Å². The molecule has 0 radical (unpaired) electrons. The van der Waals surface area contributed by atoms with Gasteiger partial charge in [-0.15, -0.1) is 0 Å². The molecule has 12 heteroatoms. The number of halogens is 1. The van der Waals surface area contributed by atoms with Crippen molar-refractivity contribution in [3.05, 3.63) is 99.6 Å². The number of sulfonamides is 1. The van der Waals surface area contributed by atoms with E-state index in [2.05, 4.69) is 5.32 Å². The molecule has 0 bridgehead atoms. The van der Waals surface area contributed by atoms with E-state index in [0.29, 0.717) is 17.0 Å². The van der Waals surface area contributed by atoms with Crippen LogP contribution >= 0.6 is 11.6 Å². The molecular weight excluding hydrogens is 580 g/mol. The highest BCUT2D eigenvalue weighted by atomic mass is 35.5. The number of amides is 2. The van der Waals surface area contributed by atoms with Gasteiger partial charge in [0, 0.05) is 29.7 Å². The molecule has 0 saturated heterocycles. The molecule has 1 aliphatic rings. The first-order valence-corrected chi connectivity index (χ1v) is 15.6. The number of nitro groups is 1. The van der Waals surface area contributed by atoms with E-state index in [9.17, 15) is 28.1 Å². The van der Waals surface area contributed by atoms with Crippen LogP contribution in [0.15, 0.2) is 83.8 Å². The second kappa shape index (κ2) is 13.8. The lowest BCUT2D eigenvalue weighted by molar-refractivity contribution is -0.384. The molecule has 0 heterocycles. The number of rotatable bonds is 12. The minimum Gasteiger partial charge on any atom is -0.352 e. The third kappa shape index (κ3) is 7.46. The Morgan fingerprint density at radius 3 is 2.31 bits per heavy atom. The molecule has 0 spiro atoms. The summed E-state index contributed by atoms with van der Waals surface area (Å²) in [6.07, 6.45) is 4.06. The quantitative estimate of drug-likeness (QED) is 0.218. The summed E-state index contributed by atoms with van der Waals surface area (Å²) in [5.41, 5.74) is 0.331. The third-order valence-electron chi connectivity index (χ3n) is 7.29. The van der Waals surface area contributed by atoms with Gasteiger partial charge in [-0.2, -0.15) is 0 Å². The van der Waals surface area contributed by atoms with Crippen molar-refractivity contribution in [3.63, 3.8) is 0 Å². The van der Waals surface area contributed by atoms with Crippen LogP contribution in [0, 0.1) is 10.1 Å². The molecule has 42 heavy (non-hydrogen) atoms. The van der Waals surface area contributed by atoms with E-state index in [1.807, 2.05) is 0 Å². The third-order valence-corrected chi connectivity index (χ3v) is 9.33. The Labute approximate surface area is 250 Å². The summed E-state index contributed by atoms with van der Waals surface area (Å²) in [4.78, 5) is 39.8. The Morgan fingerprint density at radius 2 is 1.69 bits per heavy atom. The van der Waals surface area contributed by atoms with Crippen LogP contribution in [0.25, 0.3) is 0 Å². The van der Waals surface area contributed by atoms with Crippen molar-refractivity contribution in [1.82, 2.24) is 10.2 Å². The zero-order valence-electron chi connectivity index (χ0n) is 23.2. The Hall–Kier alpha value is -3.96. The number of benzene rings is 3. The molecule has 1 atom stereocenters. The van der Waals surface area contributed by atoms with Crippen molar-refractivity contribution in [2.24, 2.45) is 0 Å². The average Bonchev–Trinajstić information content (AvgIpc) is 3.50. The Morgan fingerprint density at radius 1 is 1.02 bits per heavy atom. The molecule has 222 valence electrons. The number of hydrogen-bond acceptors (Lipinski definition) is 6. The first-order chi connectivity index (χ1) is 20.1. The normalized spacial score (nSPS) is 14.2. The number of carbonyl (C=O) groups excluding carboxylic acids is 2. The monoisotopic (exact) mass is 612 g/mol. The summed E-state index contributed by atoms with van der Waals surface area (Å²) in [6, 6.07) is 18.6. The van der Waals surface area contributed by atoms with Gasteiger partial charge in [0.1, 0.15) is 12.6 Å². The fraction of sp³-hybridized carbons (Fsp3) is 0.333. The lowest BCUT2D eigenvalue weighted by atomic mass is 10.1. The van der Waals surface area contributed by atoms with Crippen molar-refractivity contribution in [2.45, 2.75) is 62.6 Å².